The summed E-state index contributed by atoms with van der Waals surface area (Å²) in [5.74, 6) is 0.887. The van der Waals surface area contributed by atoms with Crippen LogP contribution in [0.3, 0.4) is 0 Å². The van der Waals surface area contributed by atoms with Crippen molar-refractivity contribution in [1.29, 1.82) is 0 Å². The normalized spacial score (nSPS) is 17.8. The summed E-state index contributed by atoms with van der Waals surface area (Å²) in [7, 11) is -3.16. The number of aromatic nitrogens is 1. The van der Waals surface area contributed by atoms with Crippen molar-refractivity contribution in [3.8, 4) is 0 Å². The van der Waals surface area contributed by atoms with Gasteiger partial charge in [0, 0.05) is 25.1 Å². The highest BCUT2D eigenvalue weighted by Gasteiger charge is 2.30. The molecule has 2 heterocycles. The van der Waals surface area contributed by atoms with E-state index in [2.05, 4.69) is 10.5 Å². The van der Waals surface area contributed by atoms with Crippen molar-refractivity contribution in [3.63, 3.8) is 0 Å². The molecular weight excluding hydrogens is 294 g/mol. The predicted molar refractivity (Wildman–Crippen MR) is 78.2 cm³/mol. The van der Waals surface area contributed by atoms with Crippen molar-refractivity contribution < 1.29 is 17.7 Å². The number of carbonyl (C=O) groups excluding carboxylic acids is 1. The summed E-state index contributed by atoms with van der Waals surface area (Å²) in [4.78, 5) is 12.1. The van der Waals surface area contributed by atoms with Crippen LogP contribution in [0.5, 0.6) is 0 Å². The molecule has 1 aliphatic heterocycles. The largest absolute Gasteiger partial charge is 0.360 e. The molecule has 118 valence electrons. The lowest BCUT2D eigenvalue weighted by atomic mass is 9.97. The van der Waals surface area contributed by atoms with Gasteiger partial charge in [-0.15, -0.1) is 0 Å². The van der Waals surface area contributed by atoms with Crippen molar-refractivity contribution in [2.75, 3.05) is 24.2 Å². The average molecular weight is 315 g/mol. The van der Waals surface area contributed by atoms with E-state index in [-0.39, 0.29) is 17.6 Å². The fraction of sp³-hybridized carbons (Fsp3) is 0.692. The summed E-state index contributed by atoms with van der Waals surface area (Å²) in [6, 6.07) is 1.65. The number of hydrogen-bond donors (Lipinski definition) is 1. The maximum Gasteiger partial charge on any atom is 0.228 e. The molecule has 0 bridgehead atoms. The fourth-order valence-electron chi connectivity index (χ4n) is 2.44. The van der Waals surface area contributed by atoms with Gasteiger partial charge < -0.3 is 9.84 Å². The third-order valence-corrected chi connectivity index (χ3v) is 5.64. The van der Waals surface area contributed by atoms with Gasteiger partial charge in [-0.1, -0.05) is 12.1 Å². The van der Waals surface area contributed by atoms with Gasteiger partial charge in [0.2, 0.25) is 15.9 Å². The number of hydrogen-bond acceptors (Lipinski definition) is 5. The summed E-state index contributed by atoms with van der Waals surface area (Å²) < 4.78 is 30.3. The minimum atomic E-state index is -3.16. The molecule has 1 aromatic rings. The first-order chi connectivity index (χ1) is 9.92. The van der Waals surface area contributed by atoms with Gasteiger partial charge in [-0.25, -0.2) is 12.7 Å². The standard InChI is InChI=1S/C13H21N3O4S/c1-3-8-21(18,19)16-6-4-11(5-7-16)13(17)14-12-9-10(2)20-15-12/h9,11H,3-8H2,1-2H3,(H,14,15,17). The Labute approximate surface area is 124 Å². The van der Waals surface area contributed by atoms with E-state index in [1.807, 2.05) is 6.92 Å². The summed E-state index contributed by atoms with van der Waals surface area (Å²) in [6.07, 6.45) is 1.67. The maximum absolute atomic E-state index is 12.1. The van der Waals surface area contributed by atoms with E-state index in [0.717, 1.165) is 0 Å². The molecule has 0 spiro atoms. The smallest absolute Gasteiger partial charge is 0.228 e. The van der Waals surface area contributed by atoms with Crippen LogP contribution in [0.4, 0.5) is 5.82 Å². The van der Waals surface area contributed by atoms with Crippen molar-refractivity contribution >= 4 is 21.7 Å². The number of nitrogens with one attached hydrogen (secondary N) is 1. The second-order valence-electron chi connectivity index (χ2n) is 5.30. The molecule has 1 saturated heterocycles. The van der Waals surface area contributed by atoms with Crippen LogP contribution in [-0.2, 0) is 14.8 Å². The number of amides is 1. The molecule has 0 saturated carbocycles. The molecule has 1 amide bonds. The number of carbonyl (C=O) groups is 1. The number of nitrogens with zero attached hydrogens (tertiary/aromatic N) is 2. The van der Waals surface area contributed by atoms with E-state index >= 15 is 0 Å². The Bertz CT molecular complexity index is 588. The average Bonchev–Trinajstić information content (AvgIpc) is 2.84. The lowest BCUT2D eigenvalue weighted by Crippen LogP contribution is -2.42. The van der Waals surface area contributed by atoms with E-state index in [9.17, 15) is 13.2 Å². The first kappa shape index (κ1) is 16.0. The molecule has 0 aliphatic carbocycles. The third-order valence-electron chi connectivity index (χ3n) is 3.56. The lowest BCUT2D eigenvalue weighted by Gasteiger charge is -2.30. The minimum absolute atomic E-state index is 0.129. The molecule has 0 aromatic carbocycles. The van der Waals surface area contributed by atoms with Crippen LogP contribution >= 0.6 is 0 Å². The van der Waals surface area contributed by atoms with Gasteiger partial charge in [0.15, 0.2) is 5.82 Å². The van der Waals surface area contributed by atoms with Crippen LogP contribution in [0.1, 0.15) is 31.9 Å². The number of anilines is 1. The first-order valence-electron chi connectivity index (χ1n) is 7.14. The highest BCUT2D eigenvalue weighted by Crippen LogP contribution is 2.21. The molecule has 0 radical (unpaired) electrons. The molecule has 7 nitrogen and oxygen atoms in total. The van der Waals surface area contributed by atoms with Crippen LogP contribution in [-0.4, -0.2) is 42.6 Å². The summed E-state index contributed by atoms with van der Waals surface area (Å²) in [6.45, 7) is 4.40. The zero-order valence-corrected chi connectivity index (χ0v) is 13.1. The second kappa shape index (κ2) is 6.57. The zero-order valence-electron chi connectivity index (χ0n) is 12.3. The molecule has 1 aliphatic rings. The zero-order chi connectivity index (χ0) is 15.5. The van der Waals surface area contributed by atoms with E-state index in [0.29, 0.717) is 43.9 Å². The van der Waals surface area contributed by atoms with Crippen LogP contribution in [0.15, 0.2) is 10.6 Å². The number of aryl methyl sites for hydroxylation is 1. The topological polar surface area (TPSA) is 92.5 Å². The van der Waals surface area contributed by atoms with E-state index in [4.69, 9.17) is 4.52 Å². The summed E-state index contributed by atoms with van der Waals surface area (Å²) >= 11 is 0. The van der Waals surface area contributed by atoms with Gasteiger partial charge in [-0.3, -0.25) is 4.79 Å². The maximum atomic E-state index is 12.1. The second-order valence-corrected chi connectivity index (χ2v) is 7.39. The SMILES string of the molecule is CCCS(=O)(=O)N1CCC(C(=O)Nc2cc(C)on2)CC1. The highest BCUT2D eigenvalue weighted by atomic mass is 32.2. The molecule has 8 heteroatoms. The quantitative estimate of drug-likeness (QED) is 0.886. The van der Waals surface area contributed by atoms with Crippen LogP contribution in [0.2, 0.25) is 0 Å². The van der Waals surface area contributed by atoms with E-state index in [1.54, 1.807) is 13.0 Å². The highest BCUT2D eigenvalue weighted by molar-refractivity contribution is 7.89. The van der Waals surface area contributed by atoms with Crippen LogP contribution in [0.25, 0.3) is 0 Å². The third kappa shape index (κ3) is 4.04. The molecular formula is C13H21N3O4S. The molecule has 21 heavy (non-hydrogen) atoms. The van der Waals surface area contributed by atoms with E-state index in [1.165, 1.54) is 4.31 Å². The monoisotopic (exact) mass is 315 g/mol. The number of rotatable bonds is 5. The van der Waals surface area contributed by atoms with Crippen LogP contribution in [0, 0.1) is 12.8 Å². The molecule has 0 unspecified atom stereocenters. The molecule has 1 fully saturated rings. The molecule has 0 atom stereocenters. The lowest BCUT2D eigenvalue weighted by molar-refractivity contribution is -0.120. The minimum Gasteiger partial charge on any atom is -0.360 e. The van der Waals surface area contributed by atoms with Crippen LogP contribution < -0.4 is 5.32 Å². The van der Waals surface area contributed by atoms with E-state index < -0.39 is 10.0 Å². The Morgan fingerprint density at radius 1 is 1.48 bits per heavy atom. The Balaban J connectivity index is 1.87. The van der Waals surface area contributed by atoms with Gasteiger partial charge in [-0.2, -0.15) is 0 Å². The Hall–Kier alpha value is -1.41. The van der Waals surface area contributed by atoms with Crippen molar-refractivity contribution in [2.24, 2.45) is 5.92 Å². The van der Waals surface area contributed by atoms with Gasteiger partial charge in [0.05, 0.1) is 5.75 Å². The molecule has 2 rings (SSSR count). The summed E-state index contributed by atoms with van der Waals surface area (Å²) in [5.41, 5.74) is 0. The Morgan fingerprint density at radius 3 is 2.67 bits per heavy atom. The van der Waals surface area contributed by atoms with Crippen molar-refractivity contribution in [3.05, 3.63) is 11.8 Å². The van der Waals surface area contributed by atoms with Gasteiger partial charge in [-0.05, 0) is 26.2 Å². The number of piperidine rings is 1. The Morgan fingerprint density at radius 2 is 2.14 bits per heavy atom. The number of sulfonamides is 1. The van der Waals surface area contributed by atoms with Crippen molar-refractivity contribution in [2.45, 2.75) is 33.1 Å². The predicted octanol–water partition coefficient (Wildman–Crippen LogP) is 1.37. The van der Waals surface area contributed by atoms with Gasteiger partial charge in [0.1, 0.15) is 5.76 Å². The fourth-order valence-corrected chi connectivity index (χ4v) is 3.98. The molecule has 1 N–H and O–H groups in total. The Kier molecular flexibility index (Phi) is 5.00. The van der Waals surface area contributed by atoms with Gasteiger partial charge >= 0.3 is 0 Å². The molecule has 1 aromatic heterocycles. The first-order valence-corrected chi connectivity index (χ1v) is 8.75. The van der Waals surface area contributed by atoms with Crippen molar-refractivity contribution in [1.82, 2.24) is 9.46 Å². The van der Waals surface area contributed by atoms with Gasteiger partial charge in [0.25, 0.3) is 0 Å². The summed E-state index contributed by atoms with van der Waals surface area (Å²) in [5, 5.41) is 6.42.